The molecule has 1 fully saturated rings. The third-order valence-electron chi connectivity index (χ3n) is 6.29. The van der Waals surface area contributed by atoms with Crippen LogP contribution in [0.1, 0.15) is 43.6 Å². The Morgan fingerprint density at radius 1 is 0.943 bits per heavy atom. The minimum Gasteiger partial charge on any atom is -0.338 e. The van der Waals surface area contributed by atoms with Gasteiger partial charge in [0.1, 0.15) is 5.03 Å². The van der Waals surface area contributed by atoms with Gasteiger partial charge in [0.25, 0.3) is 5.91 Å². The van der Waals surface area contributed by atoms with Crippen LogP contribution in [0, 0.1) is 0 Å². The maximum Gasteiger partial charge on any atom is 0.254 e. The van der Waals surface area contributed by atoms with Crippen molar-refractivity contribution in [3.63, 3.8) is 0 Å². The van der Waals surface area contributed by atoms with Crippen LogP contribution >= 0.6 is 11.8 Å². The summed E-state index contributed by atoms with van der Waals surface area (Å²) in [5.74, 6) is 0.375. The Morgan fingerprint density at radius 3 is 2.26 bits per heavy atom. The Labute approximate surface area is 211 Å². The van der Waals surface area contributed by atoms with Crippen molar-refractivity contribution in [3.05, 3.63) is 77.9 Å². The van der Waals surface area contributed by atoms with Crippen LogP contribution in [0.5, 0.6) is 0 Å². The quantitative estimate of drug-likeness (QED) is 0.478. The summed E-state index contributed by atoms with van der Waals surface area (Å²) in [6, 6.07) is 21.6. The summed E-state index contributed by atoms with van der Waals surface area (Å²) in [4.78, 5) is 29.6. The number of hydrogen-bond donors (Lipinski definition) is 0. The maximum absolute atomic E-state index is 13.1. The fraction of sp³-hybridized carbons (Fsp3) is 0.357. The average molecular weight is 489 g/mol. The first kappa shape index (κ1) is 24.9. The van der Waals surface area contributed by atoms with Crippen LogP contribution in [0.25, 0.3) is 11.3 Å². The summed E-state index contributed by atoms with van der Waals surface area (Å²) < 4.78 is 0. The smallest absolute Gasteiger partial charge is 0.254 e. The Morgan fingerprint density at radius 2 is 1.66 bits per heavy atom. The molecule has 0 aliphatic carbocycles. The number of rotatable bonds is 5. The van der Waals surface area contributed by atoms with Crippen LogP contribution in [-0.2, 0) is 10.2 Å². The standard InChI is InChI=1S/C28H32N4O2S/c1-20-18-31(16-17-32(20)27(34)22-10-12-23(13-11-22)28(2,3)4)26(33)19-35-25-15-14-24(29-30-25)21-8-6-5-7-9-21/h5-15,20H,16-19H2,1-4H3. The highest BCUT2D eigenvalue weighted by Crippen LogP contribution is 2.24. The number of nitrogens with zero attached hydrogens (tertiary/aromatic N) is 4. The molecule has 182 valence electrons. The Kier molecular flexibility index (Phi) is 7.55. The molecule has 7 heteroatoms. The molecule has 4 rings (SSSR count). The van der Waals surface area contributed by atoms with Gasteiger partial charge in [-0.05, 0) is 42.2 Å². The first-order chi connectivity index (χ1) is 16.7. The Hall–Kier alpha value is -3.19. The van der Waals surface area contributed by atoms with E-state index in [0.29, 0.717) is 31.0 Å². The van der Waals surface area contributed by atoms with Gasteiger partial charge < -0.3 is 9.80 Å². The van der Waals surface area contributed by atoms with Crippen molar-refractivity contribution in [2.24, 2.45) is 0 Å². The summed E-state index contributed by atoms with van der Waals surface area (Å²) >= 11 is 1.39. The zero-order chi connectivity index (χ0) is 25.0. The molecule has 35 heavy (non-hydrogen) atoms. The van der Waals surface area contributed by atoms with Gasteiger partial charge in [0.05, 0.1) is 11.4 Å². The maximum atomic E-state index is 13.1. The summed E-state index contributed by atoms with van der Waals surface area (Å²) in [6.45, 7) is 10.1. The number of amides is 2. The van der Waals surface area contributed by atoms with E-state index in [0.717, 1.165) is 16.3 Å². The SMILES string of the molecule is CC1CN(C(=O)CSc2ccc(-c3ccccc3)nn2)CCN1C(=O)c1ccc(C(C)(C)C)cc1. The van der Waals surface area contributed by atoms with Crippen molar-refractivity contribution in [2.45, 2.75) is 44.2 Å². The lowest BCUT2D eigenvalue weighted by Gasteiger charge is -2.40. The topological polar surface area (TPSA) is 66.4 Å². The molecule has 1 aliphatic heterocycles. The largest absolute Gasteiger partial charge is 0.338 e. The predicted octanol–water partition coefficient (Wildman–Crippen LogP) is 4.91. The minimum atomic E-state index is -0.0440. The minimum absolute atomic E-state index is 0.0215. The lowest BCUT2D eigenvalue weighted by Crippen LogP contribution is -2.55. The van der Waals surface area contributed by atoms with Gasteiger partial charge in [-0.25, -0.2) is 0 Å². The molecule has 2 heterocycles. The molecule has 0 saturated carbocycles. The summed E-state index contributed by atoms with van der Waals surface area (Å²) in [5, 5.41) is 9.28. The van der Waals surface area contributed by atoms with Gasteiger partial charge >= 0.3 is 0 Å². The van der Waals surface area contributed by atoms with E-state index in [-0.39, 0.29) is 23.3 Å². The van der Waals surface area contributed by atoms with Gasteiger partial charge in [-0.3, -0.25) is 9.59 Å². The molecule has 1 unspecified atom stereocenters. The molecule has 1 aliphatic rings. The number of aromatic nitrogens is 2. The van der Waals surface area contributed by atoms with Gasteiger partial charge in [0, 0.05) is 36.8 Å². The molecule has 2 aromatic carbocycles. The lowest BCUT2D eigenvalue weighted by molar-refractivity contribution is -0.130. The van der Waals surface area contributed by atoms with Crippen LogP contribution in [0.4, 0.5) is 0 Å². The molecule has 0 N–H and O–H groups in total. The molecule has 0 radical (unpaired) electrons. The van der Waals surface area contributed by atoms with Crippen molar-refractivity contribution in [1.82, 2.24) is 20.0 Å². The molecule has 6 nitrogen and oxygen atoms in total. The number of piperazine rings is 1. The van der Waals surface area contributed by atoms with Crippen molar-refractivity contribution >= 4 is 23.6 Å². The van der Waals surface area contributed by atoms with Crippen molar-refractivity contribution in [2.75, 3.05) is 25.4 Å². The normalized spacial score (nSPS) is 16.3. The molecule has 2 amide bonds. The Bertz CT molecular complexity index is 1160. The molecule has 1 aromatic heterocycles. The highest BCUT2D eigenvalue weighted by Gasteiger charge is 2.30. The molecule has 0 spiro atoms. The van der Waals surface area contributed by atoms with Crippen LogP contribution in [0.2, 0.25) is 0 Å². The van der Waals surface area contributed by atoms with Crippen molar-refractivity contribution < 1.29 is 9.59 Å². The molecule has 3 aromatic rings. The second-order valence-electron chi connectivity index (χ2n) is 9.93. The van der Waals surface area contributed by atoms with E-state index in [9.17, 15) is 9.59 Å². The fourth-order valence-electron chi connectivity index (χ4n) is 4.15. The first-order valence-corrected chi connectivity index (χ1v) is 12.9. The number of hydrogen-bond acceptors (Lipinski definition) is 5. The van der Waals surface area contributed by atoms with Crippen molar-refractivity contribution in [1.29, 1.82) is 0 Å². The van der Waals surface area contributed by atoms with Crippen molar-refractivity contribution in [3.8, 4) is 11.3 Å². The van der Waals surface area contributed by atoms with E-state index in [1.54, 1.807) is 0 Å². The van der Waals surface area contributed by atoms with Gasteiger partial charge in [-0.1, -0.05) is 75.0 Å². The third-order valence-corrected chi connectivity index (χ3v) is 7.20. The Balaban J connectivity index is 1.29. The van der Waals surface area contributed by atoms with E-state index in [2.05, 4.69) is 31.0 Å². The van der Waals surface area contributed by atoms with Crippen LogP contribution < -0.4 is 0 Å². The summed E-state index contributed by atoms with van der Waals surface area (Å²) in [6.07, 6.45) is 0. The fourth-order valence-corrected chi connectivity index (χ4v) is 4.87. The second-order valence-corrected chi connectivity index (χ2v) is 10.9. The highest BCUT2D eigenvalue weighted by atomic mass is 32.2. The van der Waals surface area contributed by atoms with E-state index >= 15 is 0 Å². The highest BCUT2D eigenvalue weighted by molar-refractivity contribution is 7.99. The van der Waals surface area contributed by atoms with Gasteiger partial charge in [-0.2, -0.15) is 0 Å². The zero-order valence-electron chi connectivity index (χ0n) is 20.8. The van der Waals surface area contributed by atoms with E-state index in [1.165, 1.54) is 17.3 Å². The van der Waals surface area contributed by atoms with Crippen LogP contribution in [-0.4, -0.2) is 63.2 Å². The molecular weight excluding hydrogens is 456 g/mol. The van der Waals surface area contributed by atoms with Gasteiger partial charge in [0.2, 0.25) is 5.91 Å². The van der Waals surface area contributed by atoms with Gasteiger partial charge in [0.15, 0.2) is 0 Å². The van der Waals surface area contributed by atoms with E-state index in [1.807, 2.05) is 83.5 Å². The van der Waals surface area contributed by atoms with Gasteiger partial charge in [-0.15, -0.1) is 10.2 Å². The molecule has 1 atom stereocenters. The third kappa shape index (κ3) is 6.09. The van der Waals surface area contributed by atoms with Crippen LogP contribution in [0.15, 0.2) is 71.8 Å². The zero-order valence-corrected chi connectivity index (χ0v) is 21.6. The number of carbonyl (C=O) groups is 2. The van der Waals surface area contributed by atoms with Crippen LogP contribution in [0.3, 0.4) is 0 Å². The molecular formula is C28H32N4O2S. The second kappa shape index (κ2) is 10.6. The average Bonchev–Trinajstić information content (AvgIpc) is 2.87. The van der Waals surface area contributed by atoms with E-state index in [4.69, 9.17) is 0 Å². The molecule has 1 saturated heterocycles. The lowest BCUT2D eigenvalue weighted by atomic mass is 9.86. The number of benzene rings is 2. The number of thioether (sulfide) groups is 1. The monoisotopic (exact) mass is 488 g/mol. The first-order valence-electron chi connectivity index (χ1n) is 11.9. The summed E-state index contributed by atoms with van der Waals surface area (Å²) in [5.41, 5.74) is 3.77. The summed E-state index contributed by atoms with van der Waals surface area (Å²) in [7, 11) is 0. The number of carbonyl (C=O) groups excluding carboxylic acids is 2. The van der Waals surface area contributed by atoms with E-state index < -0.39 is 0 Å². The predicted molar refractivity (Wildman–Crippen MR) is 140 cm³/mol. The molecule has 0 bridgehead atoms.